The van der Waals surface area contributed by atoms with Gasteiger partial charge < -0.3 is 5.11 Å². The summed E-state index contributed by atoms with van der Waals surface area (Å²) in [5, 5.41) is 10.8. The third-order valence-electron chi connectivity index (χ3n) is 6.49. The molecule has 0 saturated heterocycles. The van der Waals surface area contributed by atoms with Crippen molar-refractivity contribution in [2.24, 2.45) is 0 Å². The van der Waals surface area contributed by atoms with E-state index in [-0.39, 0.29) is 5.92 Å². The standard InChI is InChI=1S/C29H45NO/c1-6-7-8-9-10-12-15-25-18-19-29(31)28(22-25)27(26-16-13-11-14-17-26)20-21-30(23(2)3)24(4)5/h11,13-14,16-19,22-24,27,31H,6-10,12,15,20-21H2,1-5H3/t27-/m1/s1. The highest BCUT2D eigenvalue weighted by atomic mass is 16.3. The van der Waals surface area contributed by atoms with Crippen LogP contribution in [0.5, 0.6) is 5.75 Å². The molecule has 0 aliphatic carbocycles. The van der Waals surface area contributed by atoms with Gasteiger partial charge in [0.1, 0.15) is 5.75 Å². The summed E-state index contributed by atoms with van der Waals surface area (Å²) in [6, 6.07) is 18.1. The van der Waals surface area contributed by atoms with Crippen molar-refractivity contribution < 1.29 is 5.11 Å². The maximum atomic E-state index is 10.8. The van der Waals surface area contributed by atoms with Crippen LogP contribution in [0.3, 0.4) is 0 Å². The first-order chi connectivity index (χ1) is 14.9. The van der Waals surface area contributed by atoms with Crippen LogP contribution in [-0.2, 0) is 6.42 Å². The van der Waals surface area contributed by atoms with Gasteiger partial charge in [0.2, 0.25) is 0 Å². The fourth-order valence-electron chi connectivity index (χ4n) is 4.73. The molecule has 31 heavy (non-hydrogen) atoms. The first-order valence-corrected chi connectivity index (χ1v) is 12.6. The smallest absolute Gasteiger partial charge is 0.119 e. The number of benzene rings is 2. The van der Waals surface area contributed by atoms with E-state index in [0.29, 0.717) is 17.8 Å². The molecular formula is C29H45NO. The second kappa shape index (κ2) is 13.6. The summed E-state index contributed by atoms with van der Waals surface area (Å²) in [4.78, 5) is 2.55. The highest BCUT2D eigenvalue weighted by Crippen LogP contribution is 2.35. The SMILES string of the molecule is CCCCCCCCc1ccc(O)c([C@H](CCN(C(C)C)C(C)C)c2ccccc2)c1. The summed E-state index contributed by atoms with van der Waals surface area (Å²) in [5.74, 6) is 0.645. The third-order valence-corrected chi connectivity index (χ3v) is 6.49. The molecule has 2 rings (SSSR count). The molecule has 0 bridgehead atoms. The van der Waals surface area contributed by atoms with Crippen LogP contribution in [-0.4, -0.2) is 28.6 Å². The van der Waals surface area contributed by atoms with Gasteiger partial charge in [0.15, 0.2) is 0 Å². The zero-order valence-corrected chi connectivity index (χ0v) is 20.6. The average Bonchev–Trinajstić information content (AvgIpc) is 2.75. The molecule has 1 N–H and O–H groups in total. The Morgan fingerprint density at radius 1 is 0.806 bits per heavy atom. The number of aryl methyl sites for hydroxylation is 1. The van der Waals surface area contributed by atoms with Gasteiger partial charge in [-0.1, -0.05) is 81.5 Å². The Bertz CT molecular complexity index is 730. The zero-order valence-electron chi connectivity index (χ0n) is 20.6. The second-order valence-corrected chi connectivity index (χ2v) is 9.59. The molecule has 2 aromatic carbocycles. The molecule has 0 aliphatic rings. The molecule has 0 unspecified atom stereocenters. The van der Waals surface area contributed by atoms with Crippen molar-refractivity contribution in [2.75, 3.05) is 6.54 Å². The molecule has 172 valence electrons. The van der Waals surface area contributed by atoms with Crippen molar-refractivity contribution in [3.05, 3.63) is 65.2 Å². The van der Waals surface area contributed by atoms with Crippen LogP contribution in [0.15, 0.2) is 48.5 Å². The van der Waals surface area contributed by atoms with Gasteiger partial charge in [-0.05, 0) is 70.7 Å². The minimum Gasteiger partial charge on any atom is -0.508 e. The summed E-state index contributed by atoms with van der Waals surface area (Å²) in [6.45, 7) is 12.4. The molecule has 2 nitrogen and oxygen atoms in total. The van der Waals surface area contributed by atoms with Gasteiger partial charge in [-0.3, -0.25) is 4.90 Å². The Balaban J connectivity index is 2.17. The molecule has 0 saturated carbocycles. The molecular weight excluding hydrogens is 378 g/mol. The van der Waals surface area contributed by atoms with Crippen LogP contribution in [0.4, 0.5) is 0 Å². The molecule has 0 amide bonds. The topological polar surface area (TPSA) is 23.5 Å². The van der Waals surface area contributed by atoms with Crippen LogP contribution in [0.25, 0.3) is 0 Å². The van der Waals surface area contributed by atoms with E-state index in [2.05, 4.69) is 82.0 Å². The van der Waals surface area contributed by atoms with Crippen molar-refractivity contribution in [3.8, 4) is 5.75 Å². The molecule has 0 aliphatic heterocycles. The maximum Gasteiger partial charge on any atom is 0.119 e. The van der Waals surface area contributed by atoms with E-state index in [4.69, 9.17) is 0 Å². The quantitative estimate of drug-likeness (QED) is 0.312. The number of hydrogen-bond donors (Lipinski definition) is 1. The lowest BCUT2D eigenvalue weighted by atomic mass is 9.86. The van der Waals surface area contributed by atoms with Crippen molar-refractivity contribution >= 4 is 0 Å². The number of nitrogens with zero attached hydrogens (tertiary/aromatic N) is 1. The molecule has 0 aromatic heterocycles. The predicted molar refractivity (Wildman–Crippen MR) is 135 cm³/mol. The third kappa shape index (κ3) is 8.33. The first kappa shape index (κ1) is 25.5. The molecule has 0 fully saturated rings. The molecule has 0 heterocycles. The monoisotopic (exact) mass is 423 g/mol. The van der Waals surface area contributed by atoms with E-state index in [0.717, 1.165) is 24.9 Å². The minimum absolute atomic E-state index is 0.214. The van der Waals surface area contributed by atoms with Gasteiger partial charge in [-0.15, -0.1) is 0 Å². The molecule has 0 radical (unpaired) electrons. The Morgan fingerprint density at radius 2 is 1.45 bits per heavy atom. The average molecular weight is 424 g/mol. The van der Waals surface area contributed by atoms with Gasteiger partial charge in [0.05, 0.1) is 0 Å². The lowest BCUT2D eigenvalue weighted by Crippen LogP contribution is -2.38. The minimum atomic E-state index is 0.214. The number of phenols is 1. The number of rotatable bonds is 14. The van der Waals surface area contributed by atoms with Crippen molar-refractivity contribution in [1.82, 2.24) is 4.90 Å². The zero-order chi connectivity index (χ0) is 22.6. The summed E-state index contributed by atoms with van der Waals surface area (Å²) in [5.41, 5.74) is 3.73. The van der Waals surface area contributed by atoms with Crippen LogP contribution in [0.1, 0.15) is 102 Å². The lowest BCUT2D eigenvalue weighted by molar-refractivity contribution is 0.170. The molecule has 2 heteroatoms. The van der Waals surface area contributed by atoms with E-state index in [9.17, 15) is 5.11 Å². The first-order valence-electron chi connectivity index (χ1n) is 12.6. The van der Waals surface area contributed by atoms with E-state index < -0.39 is 0 Å². The van der Waals surface area contributed by atoms with Gasteiger partial charge >= 0.3 is 0 Å². The predicted octanol–water partition coefficient (Wildman–Crippen LogP) is 7.94. The number of hydrogen-bond acceptors (Lipinski definition) is 2. The summed E-state index contributed by atoms with van der Waals surface area (Å²) in [6.07, 6.45) is 9.99. The van der Waals surface area contributed by atoms with Gasteiger partial charge in [0, 0.05) is 23.6 Å². The van der Waals surface area contributed by atoms with Crippen LogP contribution >= 0.6 is 0 Å². The summed E-state index contributed by atoms with van der Waals surface area (Å²) in [7, 11) is 0. The number of unbranched alkanes of at least 4 members (excludes halogenated alkanes) is 5. The van der Waals surface area contributed by atoms with E-state index in [1.807, 2.05) is 6.07 Å². The highest BCUT2D eigenvalue weighted by Gasteiger charge is 2.21. The van der Waals surface area contributed by atoms with E-state index in [1.54, 1.807) is 0 Å². The van der Waals surface area contributed by atoms with Crippen LogP contribution in [0, 0.1) is 0 Å². The fourth-order valence-corrected chi connectivity index (χ4v) is 4.73. The Kier molecular flexibility index (Phi) is 11.2. The molecule has 2 aromatic rings. The number of phenolic OH excluding ortho intramolecular Hbond substituents is 1. The van der Waals surface area contributed by atoms with Gasteiger partial charge in [-0.2, -0.15) is 0 Å². The Morgan fingerprint density at radius 3 is 2.10 bits per heavy atom. The summed E-state index contributed by atoms with van der Waals surface area (Å²) >= 11 is 0. The normalized spacial score (nSPS) is 12.8. The van der Waals surface area contributed by atoms with Gasteiger partial charge in [-0.25, -0.2) is 0 Å². The second-order valence-electron chi connectivity index (χ2n) is 9.59. The Hall–Kier alpha value is -1.80. The molecule has 1 atom stereocenters. The van der Waals surface area contributed by atoms with Crippen molar-refractivity contribution in [2.45, 2.75) is 104 Å². The fraction of sp³-hybridized carbons (Fsp3) is 0.586. The van der Waals surface area contributed by atoms with Crippen molar-refractivity contribution in [1.29, 1.82) is 0 Å². The maximum absolute atomic E-state index is 10.8. The van der Waals surface area contributed by atoms with Crippen LogP contribution in [0.2, 0.25) is 0 Å². The largest absolute Gasteiger partial charge is 0.508 e. The van der Waals surface area contributed by atoms with Gasteiger partial charge in [0.25, 0.3) is 0 Å². The van der Waals surface area contributed by atoms with Crippen molar-refractivity contribution in [3.63, 3.8) is 0 Å². The lowest BCUT2D eigenvalue weighted by Gasteiger charge is -2.32. The molecule has 0 spiro atoms. The van der Waals surface area contributed by atoms with E-state index in [1.165, 1.54) is 49.7 Å². The Labute approximate surface area is 191 Å². The highest BCUT2D eigenvalue weighted by molar-refractivity contribution is 5.43. The van der Waals surface area contributed by atoms with Crippen LogP contribution < -0.4 is 0 Å². The van der Waals surface area contributed by atoms with E-state index >= 15 is 0 Å². The number of aromatic hydroxyl groups is 1. The summed E-state index contributed by atoms with van der Waals surface area (Å²) < 4.78 is 0.